The van der Waals surface area contributed by atoms with E-state index < -0.39 is 26.3 Å². The summed E-state index contributed by atoms with van der Waals surface area (Å²) in [6.45, 7) is 1.13. The number of carbonyl (C=O) groups is 1. The lowest BCUT2D eigenvalue weighted by Crippen LogP contribution is -2.57. The molecule has 0 atom stereocenters. The molecule has 1 aliphatic heterocycles. The fourth-order valence-corrected chi connectivity index (χ4v) is 4.00. The Kier molecular flexibility index (Phi) is 7.44. The van der Waals surface area contributed by atoms with Crippen LogP contribution in [-0.4, -0.2) is 51.6 Å². The van der Waals surface area contributed by atoms with Crippen LogP contribution < -0.4 is 15.4 Å². The van der Waals surface area contributed by atoms with Crippen molar-refractivity contribution in [3.05, 3.63) is 30.1 Å². The van der Waals surface area contributed by atoms with Crippen LogP contribution in [0.1, 0.15) is 12.8 Å². The minimum atomic E-state index is -3.54. The van der Waals surface area contributed by atoms with Crippen LogP contribution in [0.4, 0.5) is 4.39 Å². The van der Waals surface area contributed by atoms with E-state index in [4.69, 9.17) is 4.74 Å². The fraction of sp³-hybridized carbons (Fsp3) is 0.533. The first-order valence-electron chi connectivity index (χ1n) is 7.43. The zero-order chi connectivity index (χ0) is 16.9. The van der Waals surface area contributed by atoms with Crippen LogP contribution >= 0.6 is 12.4 Å². The highest BCUT2D eigenvalue weighted by atomic mass is 35.5. The number of para-hydroxylation sites is 1. The molecule has 0 aliphatic carbocycles. The standard InChI is InChI=1S/C15H21FN2O4S.ClH/c1-23(20,21)15(6-8-17-9-7-15)14(19)18-10-11-22-13-5-3-2-4-12(13)16;/h2-5,17H,6-11H2,1H3,(H,18,19);1H. The Labute approximate surface area is 147 Å². The molecule has 6 nitrogen and oxygen atoms in total. The van der Waals surface area contributed by atoms with E-state index in [2.05, 4.69) is 10.6 Å². The molecule has 1 saturated heterocycles. The van der Waals surface area contributed by atoms with Gasteiger partial charge in [0.2, 0.25) is 5.91 Å². The molecule has 2 N–H and O–H groups in total. The van der Waals surface area contributed by atoms with Crippen LogP contribution in [0.25, 0.3) is 0 Å². The number of hydrogen-bond donors (Lipinski definition) is 2. The molecule has 1 fully saturated rings. The molecule has 0 radical (unpaired) electrons. The molecule has 136 valence electrons. The minimum Gasteiger partial charge on any atom is -0.489 e. The molecule has 0 spiro atoms. The van der Waals surface area contributed by atoms with Crippen molar-refractivity contribution in [2.24, 2.45) is 0 Å². The lowest BCUT2D eigenvalue weighted by Gasteiger charge is -2.34. The lowest BCUT2D eigenvalue weighted by molar-refractivity contribution is -0.124. The van der Waals surface area contributed by atoms with E-state index in [1.807, 2.05) is 0 Å². The third-order valence-corrected chi connectivity index (χ3v) is 6.03. The number of piperidine rings is 1. The van der Waals surface area contributed by atoms with Crippen LogP contribution in [-0.2, 0) is 14.6 Å². The summed E-state index contributed by atoms with van der Waals surface area (Å²) in [5.41, 5.74) is 0. The topological polar surface area (TPSA) is 84.5 Å². The third kappa shape index (κ3) is 4.58. The van der Waals surface area contributed by atoms with Gasteiger partial charge >= 0.3 is 0 Å². The second-order valence-electron chi connectivity index (χ2n) is 5.55. The zero-order valence-corrected chi connectivity index (χ0v) is 15.0. The molecule has 0 saturated carbocycles. The fourth-order valence-electron chi connectivity index (χ4n) is 2.65. The number of sulfone groups is 1. The number of hydrogen-bond acceptors (Lipinski definition) is 5. The van der Waals surface area contributed by atoms with E-state index in [0.717, 1.165) is 6.26 Å². The quantitative estimate of drug-likeness (QED) is 0.716. The van der Waals surface area contributed by atoms with E-state index in [-0.39, 0.29) is 44.1 Å². The number of carbonyl (C=O) groups excluding carboxylic acids is 1. The SMILES string of the molecule is CS(=O)(=O)C1(C(=O)NCCOc2ccccc2F)CCNCC1.Cl. The second kappa shape index (κ2) is 8.64. The number of benzene rings is 1. The summed E-state index contributed by atoms with van der Waals surface area (Å²) < 4.78 is 41.4. The molecule has 1 aliphatic rings. The number of ether oxygens (including phenoxy) is 1. The molecule has 1 aromatic rings. The van der Waals surface area contributed by atoms with E-state index in [0.29, 0.717) is 13.1 Å². The van der Waals surface area contributed by atoms with Crippen molar-refractivity contribution < 1.29 is 22.3 Å². The molecule has 24 heavy (non-hydrogen) atoms. The minimum absolute atomic E-state index is 0. The number of amides is 1. The van der Waals surface area contributed by atoms with Gasteiger partial charge in [-0.2, -0.15) is 0 Å². The largest absolute Gasteiger partial charge is 0.489 e. The average molecular weight is 381 g/mol. The summed E-state index contributed by atoms with van der Waals surface area (Å²) in [6.07, 6.45) is 1.57. The van der Waals surface area contributed by atoms with Gasteiger partial charge in [-0.15, -0.1) is 12.4 Å². The maximum Gasteiger partial charge on any atom is 0.241 e. The van der Waals surface area contributed by atoms with Gasteiger partial charge in [0.05, 0.1) is 6.54 Å². The lowest BCUT2D eigenvalue weighted by atomic mass is 9.96. The van der Waals surface area contributed by atoms with Crippen molar-refractivity contribution in [1.29, 1.82) is 0 Å². The maximum atomic E-state index is 13.4. The molecular formula is C15H22ClFN2O4S. The van der Waals surface area contributed by atoms with Crippen molar-refractivity contribution in [2.75, 3.05) is 32.5 Å². The maximum absolute atomic E-state index is 13.4. The smallest absolute Gasteiger partial charge is 0.241 e. The van der Waals surface area contributed by atoms with Gasteiger partial charge < -0.3 is 15.4 Å². The molecule has 9 heteroatoms. The highest BCUT2D eigenvalue weighted by Crippen LogP contribution is 2.27. The third-order valence-electron chi connectivity index (χ3n) is 4.02. The summed E-state index contributed by atoms with van der Waals surface area (Å²) >= 11 is 0. The molecule has 0 bridgehead atoms. The van der Waals surface area contributed by atoms with Crippen molar-refractivity contribution in [3.8, 4) is 5.75 Å². The van der Waals surface area contributed by atoms with Gasteiger partial charge in [0.15, 0.2) is 26.2 Å². The summed E-state index contributed by atoms with van der Waals surface area (Å²) in [5.74, 6) is -0.898. The first kappa shape index (κ1) is 20.7. The van der Waals surface area contributed by atoms with Gasteiger partial charge in [0.25, 0.3) is 0 Å². The second-order valence-corrected chi connectivity index (χ2v) is 7.88. The van der Waals surface area contributed by atoms with Crippen molar-refractivity contribution in [3.63, 3.8) is 0 Å². The Morgan fingerprint density at radius 1 is 1.33 bits per heavy atom. The Morgan fingerprint density at radius 3 is 2.54 bits per heavy atom. The summed E-state index contributed by atoms with van der Waals surface area (Å²) in [5, 5.41) is 5.65. The summed E-state index contributed by atoms with van der Waals surface area (Å²) in [4.78, 5) is 12.4. The predicted octanol–water partition coefficient (Wildman–Crippen LogP) is 0.909. The zero-order valence-electron chi connectivity index (χ0n) is 13.4. The van der Waals surface area contributed by atoms with Crippen molar-refractivity contribution in [1.82, 2.24) is 10.6 Å². The van der Waals surface area contributed by atoms with Crippen LogP contribution in [0.3, 0.4) is 0 Å². The first-order chi connectivity index (χ1) is 10.9. The molecular weight excluding hydrogens is 359 g/mol. The molecule has 1 amide bonds. The highest BCUT2D eigenvalue weighted by molar-refractivity contribution is 7.92. The summed E-state index contributed by atoms with van der Waals surface area (Å²) in [7, 11) is -3.54. The molecule has 2 rings (SSSR count). The van der Waals surface area contributed by atoms with Gasteiger partial charge in [0, 0.05) is 6.26 Å². The van der Waals surface area contributed by atoms with Gasteiger partial charge in [0.1, 0.15) is 6.61 Å². The van der Waals surface area contributed by atoms with Crippen LogP contribution in [0, 0.1) is 5.82 Å². The van der Waals surface area contributed by atoms with Crippen molar-refractivity contribution in [2.45, 2.75) is 17.6 Å². The molecule has 0 unspecified atom stereocenters. The van der Waals surface area contributed by atoms with E-state index in [1.165, 1.54) is 12.1 Å². The normalized spacial score (nSPS) is 16.8. The Bertz CT molecular complexity index is 663. The van der Waals surface area contributed by atoms with E-state index in [1.54, 1.807) is 12.1 Å². The predicted molar refractivity (Wildman–Crippen MR) is 91.8 cm³/mol. The number of nitrogens with one attached hydrogen (secondary N) is 2. The highest BCUT2D eigenvalue weighted by Gasteiger charge is 2.48. The van der Waals surface area contributed by atoms with Gasteiger partial charge in [-0.05, 0) is 38.1 Å². The van der Waals surface area contributed by atoms with Gasteiger partial charge in [-0.1, -0.05) is 12.1 Å². The molecule has 1 heterocycles. The van der Waals surface area contributed by atoms with E-state index >= 15 is 0 Å². The van der Waals surface area contributed by atoms with Gasteiger partial charge in [-0.25, -0.2) is 12.8 Å². The van der Waals surface area contributed by atoms with Crippen LogP contribution in [0.5, 0.6) is 5.75 Å². The van der Waals surface area contributed by atoms with Crippen LogP contribution in [0.15, 0.2) is 24.3 Å². The first-order valence-corrected chi connectivity index (χ1v) is 9.32. The van der Waals surface area contributed by atoms with Gasteiger partial charge in [-0.3, -0.25) is 4.79 Å². The number of rotatable bonds is 6. The van der Waals surface area contributed by atoms with E-state index in [9.17, 15) is 17.6 Å². The monoisotopic (exact) mass is 380 g/mol. The van der Waals surface area contributed by atoms with Crippen molar-refractivity contribution >= 4 is 28.2 Å². The Hall–Kier alpha value is -1.38. The Morgan fingerprint density at radius 2 is 1.96 bits per heavy atom. The Balaban J connectivity index is 0.00000288. The summed E-state index contributed by atoms with van der Waals surface area (Å²) in [6, 6.07) is 5.96. The number of halogens is 2. The molecule has 1 aromatic carbocycles. The van der Waals surface area contributed by atoms with Crippen LogP contribution in [0.2, 0.25) is 0 Å². The average Bonchev–Trinajstić information content (AvgIpc) is 2.52. The molecule has 0 aromatic heterocycles.